The van der Waals surface area contributed by atoms with Crippen LogP contribution in [0.25, 0.3) is 17.3 Å². The van der Waals surface area contributed by atoms with Crippen LogP contribution < -0.4 is 15.4 Å². The third kappa shape index (κ3) is 4.35. The molecule has 0 saturated carbocycles. The van der Waals surface area contributed by atoms with Gasteiger partial charge in [0.1, 0.15) is 16.5 Å². The van der Waals surface area contributed by atoms with Gasteiger partial charge in [-0.1, -0.05) is 31.2 Å². The van der Waals surface area contributed by atoms with Crippen molar-refractivity contribution in [2.75, 3.05) is 17.2 Å². The maximum atomic E-state index is 13.4. The average Bonchev–Trinajstić information content (AvgIpc) is 3.40. The lowest BCUT2D eigenvalue weighted by molar-refractivity contribution is 0.0981. The van der Waals surface area contributed by atoms with E-state index in [9.17, 15) is 13.2 Å². The number of rotatable bonds is 5. The van der Waals surface area contributed by atoms with Crippen molar-refractivity contribution in [1.82, 2.24) is 14.7 Å². The summed E-state index contributed by atoms with van der Waals surface area (Å²) >= 11 is 0. The van der Waals surface area contributed by atoms with Gasteiger partial charge in [-0.3, -0.25) is 4.79 Å². The number of carbonyl (C=O) groups excluding carboxylic acids is 1. The number of sulfonamides is 1. The Bertz CT molecular complexity index is 1500. The molecule has 186 valence electrons. The van der Waals surface area contributed by atoms with Gasteiger partial charge in [0.2, 0.25) is 0 Å². The fourth-order valence-electron chi connectivity index (χ4n) is 5.23. The van der Waals surface area contributed by atoms with Crippen LogP contribution in [-0.4, -0.2) is 36.4 Å². The lowest BCUT2D eigenvalue weighted by atomic mass is 9.97. The lowest BCUT2D eigenvalue weighted by Gasteiger charge is -2.34. The summed E-state index contributed by atoms with van der Waals surface area (Å²) < 4.78 is 28.1. The summed E-state index contributed by atoms with van der Waals surface area (Å²) in [6.07, 6.45) is 7.43. The van der Waals surface area contributed by atoms with Crippen LogP contribution in [0.3, 0.4) is 0 Å². The maximum absolute atomic E-state index is 13.4. The molecule has 8 nitrogen and oxygen atoms in total. The molecule has 9 heteroatoms. The molecule has 0 bridgehead atoms. The van der Waals surface area contributed by atoms with Gasteiger partial charge in [0.25, 0.3) is 15.9 Å². The van der Waals surface area contributed by atoms with E-state index in [1.54, 1.807) is 12.1 Å². The van der Waals surface area contributed by atoms with Gasteiger partial charge >= 0.3 is 0 Å². The smallest absolute Gasteiger partial charge is 0.268 e. The predicted molar refractivity (Wildman–Crippen MR) is 141 cm³/mol. The van der Waals surface area contributed by atoms with Crippen LogP contribution >= 0.6 is 0 Å². The molecule has 1 aliphatic heterocycles. The highest BCUT2D eigenvalue weighted by molar-refractivity contribution is 7.90. The van der Waals surface area contributed by atoms with Gasteiger partial charge in [0.05, 0.1) is 11.3 Å². The van der Waals surface area contributed by atoms with E-state index < -0.39 is 15.9 Å². The van der Waals surface area contributed by atoms with Crippen LogP contribution in [0.1, 0.15) is 48.7 Å². The Morgan fingerprint density at radius 3 is 2.72 bits per heavy atom. The zero-order valence-electron chi connectivity index (χ0n) is 20.5. The number of pyridine rings is 2. The van der Waals surface area contributed by atoms with E-state index >= 15 is 0 Å². The molecular formula is C27H29N5O3S. The summed E-state index contributed by atoms with van der Waals surface area (Å²) in [6, 6.07) is 12.4. The molecule has 1 saturated heterocycles. The molecule has 0 radical (unpaired) electrons. The molecule has 2 aromatic heterocycles. The number of hydrogen-bond acceptors (Lipinski definition) is 7. The Labute approximate surface area is 211 Å². The highest BCUT2D eigenvalue weighted by Gasteiger charge is 2.39. The Balaban J connectivity index is 1.56. The molecule has 36 heavy (non-hydrogen) atoms. The van der Waals surface area contributed by atoms with Crippen LogP contribution in [0.5, 0.6) is 0 Å². The number of nitrogens with two attached hydrogens (primary N) is 1. The van der Waals surface area contributed by atoms with E-state index in [-0.39, 0.29) is 21.8 Å². The largest absolute Gasteiger partial charge is 0.383 e. The molecule has 0 unspecified atom stereocenters. The molecule has 5 rings (SSSR count). The summed E-state index contributed by atoms with van der Waals surface area (Å²) in [7, 11) is -4.23. The predicted octanol–water partition coefficient (Wildman–Crippen LogP) is 4.04. The minimum atomic E-state index is -4.23. The number of amides is 1. The summed E-state index contributed by atoms with van der Waals surface area (Å²) in [5.74, 6) is -0.0772. The lowest BCUT2D eigenvalue weighted by Crippen LogP contribution is -2.41. The highest BCUT2D eigenvalue weighted by Crippen LogP contribution is 2.38. The van der Waals surface area contributed by atoms with Crippen molar-refractivity contribution in [1.29, 1.82) is 0 Å². The number of carbonyl (C=O) groups is 1. The molecular weight excluding hydrogens is 474 g/mol. The molecule has 1 atom stereocenters. The Morgan fingerprint density at radius 2 is 2.00 bits per heavy atom. The van der Waals surface area contributed by atoms with Gasteiger partial charge in [0.15, 0.2) is 0 Å². The first kappa shape index (κ1) is 24.0. The fraction of sp³-hybridized carbons (Fsp3) is 0.296. The van der Waals surface area contributed by atoms with Crippen molar-refractivity contribution in [3.63, 3.8) is 0 Å². The number of nitrogens with one attached hydrogen (secondary N) is 1. The second-order valence-electron chi connectivity index (χ2n) is 10.1. The Morgan fingerprint density at radius 1 is 1.19 bits per heavy atom. The first-order chi connectivity index (χ1) is 17.0. The minimum absolute atomic E-state index is 0.174. The van der Waals surface area contributed by atoms with Crippen LogP contribution in [0.4, 0.5) is 11.6 Å². The molecule has 1 aliphatic carbocycles. The number of anilines is 2. The second kappa shape index (κ2) is 8.74. The summed E-state index contributed by atoms with van der Waals surface area (Å²) in [5.41, 5.74) is 9.80. The number of aromatic nitrogens is 2. The van der Waals surface area contributed by atoms with Crippen LogP contribution in [0.15, 0.2) is 59.6 Å². The van der Waals surface area contributed by atoms with Crippen molar-refractivity contribution >= 4 is 33.6 Å². The van der Waals surface area contributed by atoms with Crippen molar-refractivity contribution in [3.05, 3.63) is 71.4 Å². The molecule has 1 fully saturated rings. The van der Waals surface area contributed by atoms with Crippen molar-refractivity contribution in [2.24, 2.45) is 5.92 Å². The van der Waals surface area contributed by atoms with Crippen molar-refractivity contribution in [3.8, 4) is 11.3 Å². The van der Waals surface area contributed by atoms with Crippen LogP contribution in [0.2, 0.25) is 0 Å². The van der Waals surface area contributed by atoms with Crippen LogP contribution in [-0.2, 0) is 16.4 Å². The maximum Gasteiger partial charge on any atom is 0.268 e. The van der Waals surface area contributed by atoms with E-state index in [0.29, 0.717) is 18.3 Å². The molecule has 1 aromatic carbocycles. The molecule has 3 aromatic rings. The monoisotopic (exact) mass is 503 g/mol. The number of nitrogen functional groups attached to an aromatic ring is 1. The molecule has 0 spiro atoms. The van der Waals surface area contributed by atoms with Gasteiger partial charge in [0, 0.05) is 23.8 Å². The zero-order valence-corrected chi connectivity index (χ0v) is 21.3. The molecule has 3 heterocycles. The van der Waals surface area contributed by atoms with Crippen molar-refractivity contribution in [2.45, 2.75) is 44.0 Å². The highest BCUT2D eigenvalue weighted by atomic mass is 32.2. The number of fused-ring (bicyclic) bond motifs is 1. The minimum Gasteiger partial charge on any atom is -0.383 e. The van der Waals surface area contributed by atoms with Gasteiger partial charge in [-0.05, 0) is 74.1 Å². The topological polar surface area (TPSA) is 118 Å². The quantitative estimate of drug-likeness (QED) is 0.539. The Hall–Kier alpha value is -3.72. The third-order valence-electron chi connectivity index (χ3n) is 6.84. The van der Waals surface area contributed by atoms with Crippen LogP contribution in [0, 0.1) is 5.92 Å². The SMILES string of the molecule is C[C@@H]1CN(c2nc(-c3ccc4c(c3)CC=C4)ccc2C(=O)NS(=O)(=O)c2cccnc2N)C(C)(C)C1. The number of nitrogens with zero attached hydrogens (tertiary/aromatic N) is 3. The fourth-order valence-corrected chi connectivity index (χ4v) is 6.28. The van der Waals surface area contributed by atoms with E-state index in [2.05, 4.69) is 59.7 Å². The number of benzene rings is 1. The molecule has 3 N–H and O–H groups in total. The molecule has 1 amide bonds. The van der Waals surface area contributed by atoms with Gasteiger partial charge in [-0.25, -0.2) is 23.1 Å². The standard InChI is InChI=1S/C27H29N5O3S/c1-17-15-27(2,3)32(16-17)25-21(26(33)31-36(34,35)23-8-5-13-29-24(23)28)11-12-22(30-25)20-10-9-18-6-4-7-19(18)14-20/h4-6,8-14,17H,7,15-16H2,1-3H3,(H2,28,29)(H,31,33)/t17-/m0/s1. The zero-order chi connectivity index (χ0) is 25.7. The summed E-state index contributed by atoms with van der Waals surface area (Å²) in [5, 5.41) is 0. The van der Waals surface area contributed by atoms with Gasteiger partial charge in [-0.2, -0.15) is 0 Å². The Kier molecular flexibility index (Phi) is 5.83. The summed E-state index contributed by atoms with van der Waals surface area (Å²) in [6.45, 7) is 7.09. The first-order valence-corrected chi connectivity index (χ1v) is 13.4. The average molecular weight is 504 g/mol. The number of allylic oxidation sites excluding steroid dienone is 1. The van der Waals surface area contributed by atoms with E-state index in [4.69, 9.17) is 10.7 Å². The van der Waals surface area contributed by atoms with E-state index in [1.165, 1.54) is 29.5 Å². The third-order valence-corrected chi connectivity index (χ3v) is 8.22. The summed E-state index contributed by atoms with van der Waals surface area (Å²) in [4.78, 5) is 24.0. The first-order valence-electron chi connectivity index (χ1n) is 11.9. The van der Waals surface area contributed by atoms with Crippen molar-refractivity contribution < 1.29 is 13.2 Å². The van der Waals surface area contributed by atoms with E-state index in [0.717, 1.165) is 24.1 Å². The number of hydrogen-bond donors (Lipinski definition) is 2. The van der Waals surface area contributed by atoms with Gasteiger partial charge < -0.3 is 10.6 Å². The van der Waals surface area contributed by atoms with E-state index in [1.807, 2.05) is 6.07 Å². The second-order valence-corrected chi connectivity index (χ2v) is 11.8. The van der Waals surface area contributed by atoms with Gasteiger partial charge in [-0.15, -0.1) is 0 Å². The normalized spacial score (nSPS) is 18.3. The molecule has 2 aliphatic rings.